The first-order valence-corrected chi connectivity index (χ1v) is 18.4. The van der Waals surface area contributed by atoms with Gasteiger partial charge in [0, 0.05) is 28.3 Å². The number of aryl methyl sites for hydroxylation is 1. The van der Waals surface area contributed by atoms with Gasteiger partial charge in [0.1, 0.15) is 0 Å². The first kappa shape index (κ1) is 31.2. The van der Waals surface area contributed by atoms with Gasteiger partial charge in [0.05, 0.1) is 28.4 Å². The first-order chi connectivity index (χ1) is 26.0. The minimum absolute atomic E-state index is 0.213. The number of nitrogens with zero attached hydrogens (tertiary/aromatic N) is 2. The molecule has 8 aromatic rings. The van der Waals surface area contributed by atoms with E-state index in [2.05, 4.69) is 206 Å². The highest BCUT2D eigenvalue weighted by Gasteiger charge is 2.43. The summed E-state index contributed by atoms with van der Waals surface area (Å²) in [5.41, 5.74) is 14.6. The van der Waals surface area contributed by atoms with Crippen molar-refractivity contribution < 1.29 is 4.74 Å². The molecule has 0 bridgehead atoms. The van der Waals surface area contributed by atoms with Crippen LogP contribution in [0.3, 0.4) is 0 Å². The molecule has 10 rings (SSSR count). The van der Waals surface area contributed by atoms with Crippen molar-refractivity contribution >= 4 is 44.9 Å². The van der Waals surface area contributed by atoms with Gasteiger partial charge in [0.15, 0.2) is 11.5 Å². The Morgan fingerprint density at radius 1 is 0.509 bits per heavy atom. The zero-order valence-corrected chi connectivity index (χ0v) is 30.0. The fourth-order valence-electron chi connectivity index (χ4n) is 8.55. The molecule has 2 heterocycles. The SMILES string of the molecule is Cc1cc(N(c2ccc3ccccc3c2)c2ccccc2-c2ccccc2)cc2c1N1c3ccccc3C(C)(C)c3ccc(-c4ccccc4)c(c31)O2. The van der Waals surface area contributed by atoms with Crippen molar-refractivity contribution in [3.63, 3.8) is 0 Å². The highest BCUT2D eigenvalue weighted by molar-refractivity contribution is 6.00. The van der Waals surface area contributed by atoms with Gasteiger partial charge in [-0.15, -0.1) is 0 Å². The summed E-state index contributed by atoms with van der Waals surface area (Å²) >= 11 is 0. The van der Waals surface area contributed by atoms with Gasteiger partial charge in [0.2, 0.25) is 0 Å². The Morgan fingerprint density at radius 3 is 1.96 bits per heavy atom. The summed E-state index contributed by atoms with van der Waals surface area (Å²) < 4.78 is 7.28. The van der Waals surface area contributed by atoms with Crippen molar-refractivity contribution in [1.82, 2.24) is 0 Å². The van der Waals surface area contributed by atoms with E-state index < -0.39 is 0 Å². The van der Waals surface area contributed by atoms with Gasteiger partial charge >= 0.3 is 0 Å². The van der Waals surface area contributed by atoms with Crippen LogP contribution >= 0.6 is 0 Å². The summed E-state index contributed by atoms with van der Waals surface area (Å²) in [7, 11) is 0. The summed E-state index contributed by atoms with van der Waals surface area (Å²) in [6.45, 7) is 6.89. The quantitative estimate of drug-likeness (QED) is 0.180. The molecule has 2 aliphatic rings. The Balaban J connectivity index is 1.24. The molecule has 0 radical (unpaired) electrons. The molecule has 0 amide bonds. The highest BCUT2D eigenvalue weighted by atomic mass is 16.5. The molecule has 0 N–H and O–H groups in total. The number of ether oxygens (including phenoxy) is 1. The fraction of sp³-hybridized carbons (Fsp3) is 0.0800. The predicted octanol–water partition coefficient (Wildman–Crippen LogP) is 14.2. The van der Waals surface area contributed by atoms with Gasteiger partial charge in [-0.1, -0.05) is 153 Å². The molecule has 53 heavy (non-hydrogen) atoms. The molecule has 8 aromatic carbocycles. The third-order valence-electron chi connectivity index (χ3n) is 11.1. The fourth-order valence-corrected chi connectivity index (χ4v) is 8.55. The lowest BCUT2D eigenvalue weighted by atomic mass is 9.72. The molecule has 0 aliphatic carbocycles. The molecule has 0 saturated carbocycles. The number of anilines is 6. The van der Waals surface area contributed by atoms with Gasteiger partial charge in [-0.3, -0.25) is 0 Å². The van der Waals surface area contributed by atoms with Crippen LogP contribution in [0.4, 0.5) is 34.1 Å². The van der Waals surface area contributed by atoms with E-state index in [9.17, 15) is 0 Å². The number of hydrogen-bond acceptors (Lipinski definition) is 3. The van der Waals surface area contributed by atoms with Crippen LogP contribution in [0.1, 0.15) is 30.5 Å². The van der Waals surface area contributed by atoms with Crippen LogP contribution in [0.2, 0.25) is 0 Å². The number of rotatable bonds is 5. The Bertz CT molecular complexity index is 2700. The summed E-state index contributed by atoms with van der Waals surface area (Å²) in [5.74, 6) is 1.72. The third-order valence-corrected chi connectivity index (χ3v) is 11.1. The van der Waals surface area contributed by atoms with Crippen LogP contribution < -0.4 is 14.5 Å². The number of benzene rings is 8. The van der Waals surface area contributed by atoms with Crippen molar-refractivity contribution in [2.45, 2.75) is 26.2 Å². The first-order valence-electron chi connectivity index (χ1n) is 18.4. The molecule has 2 aliphatic heterocycles. The Kier molecular flexibility index (Phi) is 7.06. The average molecular weight is 683 g/mol. The minimum atomic E-state index is -0.213. The van der Waals surface area contributed by atoms with Crippen LogP contribution in [-0.4, -0.2) is 0 Å². The van der Waals surface area contributed by atoms with Crippen LogP contribution in [0, 0.1) is 6.92 Å². The van der Waals surface area contributed by atoms with Gasteiger partial charge in [0.25, 0.3) is 0 Å². The molecule has 0 aromatic heterocycles. The molecule has 0 atom stereocenters. The molecule has 254 valence electrons. The molecule has 3 nitrogen and oxygen atoms in total. The maximum Gasteiger partial charge on any atom is 0.159 e. The standard InChI is InChI=1S/C50H38N2O/c1-33-30-39(51(38-27-26-34-16-10-11-21-37(34)31-38)44-24-14-12-22-40(44)35-17-6-4-7-18-35)32-46-47(33)52-45-25-15-13-23-42(45)50(2,3)43-29-28-41(49(53-46)48(43)52)36-19-8-5-9-20-36/h4-32H,1-3H3. The van der Waals surface area contributed by atoms with Crippen molar-refractivity contribution in [2.75, 3.05) is 9.80 Å². The Hall–Kier alpha value is -6.58. The second-order valence-corrected chi connectivity index (χ2v) is 14.6. The molecule has 3 heteroatoms. The lowest BCUT2D eigenvalue weighted by Crippen LogP contribution is -2.32. The van der Waals surface area contributed by atoms with Crippen LogP contribution in [0.5, 0.6) is 11.5 Å². The summed E-state index contributed by atoms with van der Waals surface area (Å²) in [6, 6.07) is 63.3. The lowest BCUT2D eigenvalue weighted by molar-refractivity contribution is 0.472. The Labute approximate surface area is 311 Å². The maximum atomic E-state index is 7.28. The maximum absolute atomic E-state index is 7.28. The van der Waals surface area contributed by atoms with Crippen molar-refractivity contribution in [2.24, 2.45) is 0 Å². The molecule has 0 spiro atoms. The lowest BCUT2D eigenvalue weighted by Gasteiger charge is -2.46. The smallest absolute Gasteiger partial charge is 0.159 e. The second kappa shape index (κ2) is 12.0. The normalized spacial score (nSPS) is 13.5. The number of para-hydroxylation sites is 2. The summed E-state index contributed by atoms with van der Waals surface area (Å²) in [6.07, 6.45) is 0. The van der Waals surface area contributed by atoms with Crippen molar-refractivity contribution in [3.05, 3.63) is 193 Å². The molecular formula is C50H38N2O. The zero-order chi connectivity index (χ0) is 35.7. The predicted molar refractivity (Wildman–Crippen MR) is 221 cm³/mol. The second-order valence-electron chi connectivity index (χ2n) is 14.6. The van der Waals surface area contributed by atoms with E-state index in [0.717, 1.165) is 62.2 Å². The van der Waals surface area contributed by atoms with Crippen molar-refractivity contribution in [3.8, 4) is 33.8 Å². The molecule has 0 fully saturated rings. The van der Waals surface area contributed by atoms with Crippen molar-refractivity contribution in [1.29, 1.82) is 0 Å². The molecule has 0 saturated heterocycles. The largest absolute Gasteiger partial charge is 0.452 e. The molecular weight excluding hydrogens is 645 g/mol. The topological polar surface area (TPSA) is 15.7 Å². The number of hydrogen-bond donors (Lipinski definition) is 0. The van der Waals surface area contributed by atoms with Gasteiger partial charge < -0.3 is 14.5 Å². The average Bonchev–Trinajstić information content (AvgIpc) is 3.20. The van der Waals surface area contributed by atoms with E-state index in [1.165, 1.54) is 33.2 Å². The minimum Gasteiger partial charge on any atom is -0.452 e. The van der Waals surface area contributed by atoms with E-state index in [0.29, 0.717) is 0 Å². The Morgan fingerprint density at radius 2 is 1.17 bits per heavy atom. The monoisotopic (exact) mass is 682 g/mol. The van der Waals surface area contributed by atoms with E-state index in [1.54, 1.807) is 0 Å². The number of fused-ring (bicyclic) bond motifs is 5. The van der Waals surface area contributed by atoms with Crippen LogP contribution in [0.25, 0.3) is 33.0 Å². The summed E-state index contributed by atoms with van der Waals surface area (Å²) in [5, 5.41) is 2.41. The highest BCUT2D eigenvalue weighted by Crippen LogP contribution is 2.63. The van der Waals surface area contributed by atoms with Crippen LogP contribution in [0.15, 0.2) is 176 Å². The zero-order valence-electron chi connectivity index (χ0n) is 30.0. The van der Waals surface area contributed by atoms with E-state index >= 15 is 0 Å². The van der Waals surface area contributed by atoms with Crippen LogP contribution in [-0.2, 0) is 5.41 Å². The van der Waals surface area contributed by atoms with E-state index in [4.69, 9.17) is 4.74 Å². The van der Waals surface area contributed by atoms with Gasteiger partial charge in [-0.25, -0.2) is 0 Å². The molecule has 0 unspecified atom stereocenters. The van der Waals surface area contributed by atoms with E-state index in [-0.39, 0.29) is 5.41 Å². The van der Waals surface area contributed by atoms with E-state index in [1.807, 2.05) is 0 Å². The van der Waals surface area contributed by atoms with Gasteiger partial charge in [-0.2, -0.15) is 0 Å². The summed E-state index contributed by atoms with van der Waals surface area (Å²) in [4.78, 5) is 4.86. The van der Waals surface area contributed by atoms with Gasteiger partial charge in [-0.05, 0) is 75.8 Å². The third kappa shape index (κ3) is 4.88.